The van der Waals surface area contributed by atoms with Gasteiger partial charge < -0.3 is 4.57 Å². The van der Waals surface area contributed by atoms with Gasteiger partial charge in [-0.1, -0.05) is 30.3 Å². The summed E-state index contributed by atoms with van der Waals surface area (Å²) >= 11 is 1.65. The van der Waals surface area contributed by atoms with E-state index in [1.54, 1.807) is 11.3 Å². The van der Waals surface area contributed by atoms with E-state index in [1.165, 1.54) is 30.8 Å². The summed E-state index contributed by atoms with van der Waals surface area (Å²) in [6.45, 7) is 4.12. The number of thiazole rings is 1. The lowest BCUT2D eigenvalue weighted by atomic mass is 9.96. The summed E-state index contributed by atoms with van der Waals surface area (Å²) in [4.78, 5) is 11.6. The summed E-state index contributed by atoms with van der Waals surface area (Å²) in [5, 5.41) is 2.12. The third-order valence-electron chi connectivity index (χ3n) is 4.68. The summed E-state index contributed by atoms with van der Waals surface area (Å²) in [6, 6.07) is 10.8. The summed E-state index contributed by atoms with van der Waals surface area (Å²) in [5.41, 5.74) is 4.41. The first-order valence-electron chi connectivity index (χ1n) is 8.53. The minimum absolute atomic E-state index is 0.510. The molecule has 4 rings (SSSR count). The van der Waals surface area contributed by atoms with Crippen LogP contribution in [0.1, 0.15) is 35.8 Å². The Labute approximate surface area is 146 Å². The van der Waals surface area contributed by atoms with Crippen LogP contribution in [0.15, 0.2) is 53.6 Å². The van der Waals surface area contributed by atoms with Crippen molar-refractivity contribution in [2.24, 2.45) is 0 Å². The SMILES string of the molecule is c1ccc(CN2CCC[C@@H](c3nccn3Cc3cscn3)C2)cc1. The van der Waals surface area contributed by atoms with E-state index in [2.05, 4.69) is 61.3 Å². The molecule has 0 aliphatic carbocycles. The van der Waals surface area contributed by atoms with Crippen LogP contribution in [0.5, 0.6) is 0 Å². The monoisotopic (exact) mass is 338 g/mol. The van der Waals surface area contributed by atoms with Gasteiger partial charge in [-0.15, -0.1) is 11.3 Å². The molecule has 1 aliphatic heterocycles. The molecule has 1 atom stereocenters. The normalized spacial score (nSPS) is 18.8. The maximum atomic E-state index is 4.67. The van der Waals surface area contributed by atoms with Crippen LogP contribution in [-0.4, -0.2) is 32.5 Å². The van der Waals surface area contributed by atoms with E-state index in [4.69, 9.17) is 0 Å². The van der Waals surface area contributed by atoms with E-state index in [-0.39, 0.29) is 0 Å². The average Bonchev–Trinajstić information content (AvgIpc) is 3.28. The lowest BCUT2D eigenvalue weighted by Gasteiger charge is -2.32. The van der Waals surface area contributed by atoms with Gasteiger partial charge in [0.05, 0.1) is 17.7 Å². The van der Waals surface area contributed by atoms with Crippen molar-refractivity contribution >= 4 is 11.3 Å². The molecule has 24 heavy (non-hydrogen) atoms. The van der Waals surface area contributed by atoms with Crippen molar-refractivity contribution in [3.05, 3.63) is 70.7 Å². The van der Waals surface area contributed by atoms with Gasteiger partial charge in [-0.3, -0.25) is 4.90 Å². The molecule has 0 radical (unpaired) electrons. The van der Waals surface area contributed by atoms with Gasteiger partial charge in [0.25, 0.3) is 0 Å². The highest BCUT2D eigenvalue weighted by molar-refractivity contribution is 7.07. The van der Waals surface area contributed by atoms with Gasteiger partial charge in [0, 0.05) is 36.8 Å². The number of piperidine rings is 1. The van der Waals surface area contributed by atoms with Crippen molar-refractivity contribution in [3.8, 4) is 0 Å². The highest BCUT2D eigenvalue weighted by atomic mass is 32.1. The Hall–Kier alpha value is -1.98. The topological polar surface area (TPSA) is 34.0 Å². The Balaban J connectivity index is 1.45. The zero-order chi connectivity index (χ0) is 16.2. The zero-order valence-electron chi connectivity index (χ0n) is 13.7. The Morgan fingerprint density at radius 2 is 2.04 bits per heavy atom. The van der Waals surface area contributed by atoms with Crippen LogP contribution >= 0.6 is 11.3 Å². The van der Waals surface area contributed by atoms with Crippen LogP contribution < -0.4 is 0 Å². The van der Waals surface area contributed by atoms with Crippen molar-refractivity contribution in [1.82, 2.24) is 19.4 Å². The summed E-state index contributed by atoms with van der Waals surface area (Å²) in [7, 11) is 0. The van der Waals surface area contributed by atoms with E-state index in [0.29, 0.717) is 5.92 Å². The van der Waals surface area contributed by atoms with Crippen molar-refractivity contribution < 1.29 is 0 Å². The van der Waals surface area contributed by atoms with E-state index < -0.39 is 0 Å². The minimum atomic E-state index is 0.510. The van der Waals surface area contributed by atoms with Crippen molar-refractivity contribution in [1.29, 1.82) is 0 Å². The van der Waals surface area contributed by atoms with Crippen LogP contribution in [0.4, 0.5) is 0 Å². The molecule has 3 aromatic rings. The molecule has 1 aromatic carbocycles. The quantitative estimate of drug-likeness (QED) is 0.710. The molecule has 124 valence electrons. The molecule has 1 aliphatic rings. The Morgan fingerprint density at radius 3 is 2.88 bits per heavy atom. The van der Waals surface area contributed by atoms with Crippen LogP contribution in [0.25, 0.3) is 0 Å². The Bertz CT molecular complexity index is 751. The molecule has 5 heteroatoms. The van der Waals surface area contributed by atoms with E-state index >= 15 is 0 Å². The smallest absolute Gasteiger partial charge is 0.113 e. The first kappa shape index (κ1) is 15.5. The first-order chi connectivity index (χ1) is 11.9. The van der Waals surface area contributed by atoms with Crippen LogP contribution in [-0.2, 0) is 13.1 Å². The second-order valence-corrected chi connectivity index (χ2v) is 7.17. The maximum Gasteiger partial charge on any atom is 0.113 e. The molecule has 0 N–H and O–H groups in total. The number of aromatic nitrogens is 3. The van der Waals surface area contributed by atoms with Crippen molar-refractivity contribution in [3.63, 3.8) is 0 Å². The fraction of sp³-hybridized carbons (Fsp3) is 0.368. The van der Waals surface area contributed by atoms with Gasteiger partial charge in [0.1, 0.15) is 5.82 Å². The molecule has 0 amide bonds. The molecule has 0 unspecified atom stereocenters. The average molecular weight is 338 g/mol. The molecule has 4 nitrogen and oxygen atoms in total. The summed E-state index contributed by atoms with van der Waals surface area (Å²) in [6.07, 6.45) is 6.48. The number of nitrogens with zero attached hydrogens (tertiary/aromatic N) is 4. The Kier molecular flexibility index (Phi) is 4.71. The molecule has 3 heterocycles. The van der Waals surface area contributed by atoms with Gasteiger partial charge >= 0.3 is 0 Å². The molecule has 1 fully saturated rings. The molecule has 0 spiro atoms. The second kappa shape index (κ2) is 7.28. The fourth-order valence-corrected chi connectivity index (χ4v) is 4.11. The molecule has 2 aromatic heterocycles. The lowest BCUT2D eigenvalue weighted by Crippen LogP contribution is -2.35. The number of imidazole rings is 1. The van der Waals surface area contributed by atoms with E-state index in [9.17, 15) is 0 Å². The van der Waals surface area contributed by atoms with Crippen LogP contribution in [0.2, 0.25) is 0 Å². The standard InChI is InChI=1S/C19H22N4S/c1-2-5-16(6-3-1)11-22-9-4-7-17(12-22)19-20-8-10-23(19)13-18-14-24-15-21-18/h1-3,5-6,8,10,14-15,17H,4,7,9,11-13H2/t17-/m1/s1. The first-order valence-corrected chi connectivity index (χ1v) is 9.47. The van der Waals surface area contributed by atoms with Crippen molar-refractivity contribution in [2.45, 2.75) is 31.8 Å². The number of likely N-dealkylation sites (tertiary alicyclic amines) is 1. The summed E-state index contributed by atoms with van der Waals surface area (Å²) in [5.74, 6) is 1.72. The van der Waals surface area contributed by atoms with Gasteiger partial charge in [0.2, 0.25) is 0 Å². The van der Waals surface area contributed by atoms with Gasteiger partial charge in [0.15, 0.2) is 0 Å². The second-order valence-electron chi connectivity index (χ2n) is 6.45. The fourth-order valence-electron chi connectivity index (χ4n) is 3.56. The third-order valence-corrected chi connectivity index (χ3v) is 5.32. The number of hydrogen-bond donors (Lipinski definition) is 0. The number of rotatable bonds is 5. The molecule has 0 bridgehead atoms. The van der Waals surface area contributed by atoms with Crippen LogP contribution in [0, 0.1) is 0 Å². The minimum Gasteiger partial charge on any atom is -0.329 e. The molecule has 0 saturated carbocycles. The highest BCUT2D eigenvalue weighted by Gasteiger charge is 2.24. The highest BCUT2D eigenvalue weighted by Crippen LogP contribution is 2.27. The lowest BCUT2D eigenvalue weighted by molar-refractivity contribution is 0.195. The van der Waals surface area contributed by atoms with Crippen LogP contribution in [0.3, 0.4) is 0 Å². The largest absolute Gasteiger partial charge is 0.329 e. The van der Waals surface area contributed by atoms with E-state index in [0.717, 1.165) is 25.3 Å². The van der Waals surface area contributed by atoms with Gasteiger partial charge in [-0.2, -0.15) is 0 Å². The maximum absolute atomic E-state index is 4.67. The zero-order valence-corrected chi connectivity index (χ0v) is 14.5. The number of hydrogen-bond acceptors (Lipinski definition) is 4. The number of benzene rings is 1. The molecular weight excluding hydrogens is 316 g/mol. The molecule has 1 saturated heterocycles. The summed E-state index contributed by atoms with van der Waals surface area (Å²) < 4.78 is 2.27. The van der Waals surface area contributed by atoms with E-state index in [1.807, 2.05) is 11.7 Å². The predicted octanol–water partition coefficient (Wildman–Crippen LogP) is 3.77. The van der Waals surface area contributed by atoms with Gasteiger partial charge in [-0.05, 0) is 24.9 Å². The third kappa shape index (κ3) is 3.57. The van der Waals surface area contributed by atoms with Gasteiger partial charge in [-0.25, -0.2) is 9.97 Å². The Morgan fingerprint density at radius 1 is 1.12 bits per heavy atom. The molecular formula is C19H22N4S. The van der Waals surface area contributed by atoms with Crippen molar-refractivity contribution in [2.75, 3.05) is 13.1 Å². The predicted molar refractivity (Wildman–Crippen MR) is 97.1 cm³/mol.